The van der Waals surface area contributed by atoms with Crippen molar-refractivity contribution in [2.45, 2.75) is 32.1 Å². The van der Waals surface area contributed by atoms with Gasteiger partial charge in [-0.3, -0.25) is 9.89 Å². The van der Waals surface area contributed by atoms with Crippen LogP contribution >= 0.6 is 0 Å². The summed E-state index contributed by atoms with van der Waals surface area (Å²) in [5, 5.41) is 3.08. The minimum Gasteiger partial charge on any atom is -0.293 e. The number of hydrogen-bond acceptors (Lipinski definition) is 4. The highest BCUT2D eigenvalue weighted by Gasteiger charge is 2.37. The molecule has 2 aliphatic heterocycles. The van der Waals surface area contributed by atoms with Gasteiger partial charge in [0, 0.05) is 55.6 Å². The largest absolute Gasteiger partial charge is 0.293 e. The van der Waals surface area contributed by atoms with Gasteiger partial charge in [-0.2, -0.15) is 17.0 Å². The highest BCUT2D eigenvalue weighted by Crippen LogP contribution is 2.30. The van der Waals surface area contributed by atoms with Crippen LogP contribution in [0, 0.1) is 6.92 Å². The van der Waals surface area contributed by atoms with E-state index in [0.717, 1.165) is 25.0 Å². The lowest BCUT2D eigenvalue weighted by Crippen LogP contribution is -2.41. The van der Waals surface area contributed by atoms with Crippen molar-refractivity contribution >= 4 is 15.9 Å². The van der Waals surface area contributed by atoms with Crippen molar-refractivity contribution in [2.75, 3.05) is 26.2 Å². The number of fused-ring (bicyclic) bond motifs is 1. The Bertz CT molecular complexity index is 926. The fourth-order valence-corrected chi connectivity index (χ4v) is 5.36. The molecule has 130 valence electrons. The molecule has 2 fully saturated rings. The molecule has 24 heavy (non-hydrogen) atoms. The van der Waals surface area contributed by atoms with Crippen LogP contribution in [-0.2, 0) is 10.2 Å². The van der Waals surface area contributed by atoms with Crippen LogP contribution in [0.15, 0.2) is 16.9 Å². The molecule has 0 spiro atoms. The minimum absolute atomic E-state index is 0.0591. The summed E-state index contributed by atoms with van der Waals surface area (Å²) >= 11 is 0. The third-order valence-electron chi connectivity index (χ3n) is 4.91. The summed E-state index contributed by atoms with van der Waals surface area (Å²) in [6.45, 7) is 3.98. The third kappa shape index (κ3) is 2.56. The van der Waals surface area contributed by atoms with Gasteiger partial charge in [0.2, 0.25) is 0 Å². The van der Waals surface area contributed by atoms with E-state index in [4.69, 9.17) is 0 Å². The second-order valence-corrected chi connectivity index (χ2v) is 8.53. The minimum atomic E-state index is -3.36. The van der Waals surface area contributed by atoms with Gasteiger partial charge in [-0.05, 0) is 26.2 Å². The second kappa shape index (κ2) is 5.68. The van der Waals surface area contributed by atoms with Gasteiger partial charge < -0.3 is 0 Å². The summed E-state index contributed by atoms with van der Waals surface area (Å²) in [6.07, 6.45) is 2.62. The number of nitrogens with one attached hydrogen (secondary N) is 1. The summed E-state index contributed by atoms with van der Waals surface area (Å²) in [7, 11) is -3.36. The summed E-state index contributed by atoms with van der Waals surface area (Å²) < 4.78 is 29.9. The number of H-pyrrole nitrogens is 1. The molecule has 2 saturated heterocycles. The topological polar surface area (TPSA) is 90.8 Å². The molecule has 2 aliphatic rings. The van der Waals surface area contributed by atoms with E-state index >= 15 is 0 Å². The van der Waals surface area contributed by atoms with Crippen molar-refractivity contribution in [2.24, 2.45) is 0 Å². The zero-order chi connectivity index (χ0) is 16.9. The Hall–Kier alpha value is -1.71. The van der Waals surface area contributed by atoms with Crippen LogP contribution in [0.5, 0.6) is 0 Å². The lowest BCUT2D eigenvalue weighted by molar-refractivity contribution is 0.395. The third-order valence-corrected chi connectivity index (χ3v) is 6.91. The van der Waals surface area contributed by atoms with Crippen molar-refractivity contribution in [3.63, 3.8) is 0 Å². The maximum Gasteiger partial charge on any atom is 0.281 e. The van der Waals surface area contributed by atoms with Crippen molar-refractivity contribution in [3.05, 3.63) is 33.9 Å². The van der Waals surface area contributed by atoms with Gasteiger partial charge in [-0.15, -0.1) is 0 Å². The van der Waals surface area contributed by atoms with Crippen LogP contribution in [0.1, 0.15) is 36.6 Å². The van der Waals surface area contributed by atoms with E-state index in [2.05, 4.69) is 10.1 Å². The highest BCUT2D eigenvalue weighted by atomic mass is 32.2. The molecule has 4 heterocycles. The van der Waals surface area contributed by atoms with Gasteiger partial charge >= 0.3 is 0 Å². The van der Waals surface area contributed by atoms with Crippen LogP contribution in [-0.4, -0.2) is 57.8 Å². The van der Waals surface area contributed by atoms with Gasteiger partial charge in [0.1, 0.15) is 0 Å². The first-order valence-electron chi connectivity index (χ1n) is 8.30. The number of aromatic amines is 1. The summed E-state index contributed by atoms with van der Waals surface area (Å²) in [5.74, 6) is 0.0591. The Labute approximate surface area is 140 Å². The molecule has 2 aromatic rings. The lowest BCUT2D eigenvalue weighted by Gasteiger charge is -2.23. The number of nitrogens with zero attached hydrogens (tertiary/aromatic N) is 4. The van der Waals surface area contributed by atoms with Crippen molar-refractivity contribution in [1.29, 1.82) is 0 Å². The Kier molecular flexibility index (Phi) is 3.74. The lowest BCUT2D eigenvalue weighted by atomic mass is 10.1. The summed E-state index contributed by atoms with van der Waals surface area (Å²) in [5.41, 5.74) is 1.97. The summed E-state index contributed by atoms with van der Waals surface area (Å²) in [6, 6.07) is 3.33. The van der Waals surface area contributed by atoms with E-state index in [1.54, 1.807) is 15.5 Å². The Morgan fingerprint density at radius 3 is 2.67 bits per heavy atom. The second-order valence-electron chi connectivity index (χ2n) is 6.60. The standard InChI is InChI=1S/C15H21N5O3S/c1-11-8-15(21)20-14(16-11)9-13(17-20)12-4-7-19(10-12)24(22,23)18-5-2-3-6-18/h8-9,12,17H,2-7,10H2,1H3/t12-/m1/s1. The quantitative estimate of drug-likeness (QED) is 0.870. The molecular weight excluding hydrogens is 330 g/mol. The first-order valence-corrected chi connectivity index (χ1v) is 9.69. The van der Waals surface area contributed by atoms with E-state index in [9.17, 15) is 13.2 Å². The predicted molar refractivity (Wildman–Crippen MR) is 89.2 cm³/mol. The van der Waals surface area contributed by atoms with Gasteiger partial charge in [-0.25, -0.2) is 9.50 Å². The van der Waals surface area contributed by atoms with Crippen LogP contribution in [0.4, 0.5) is 0 Å². The van der Waals surface area contributed by atoms with Crippen LogP contribution in [0.3, 0.4) is 0 Å². The van der Waals surface area contributed by atoms with E-state index in [0.29, 0.717) is 37.5 Å². The van der Waals surface area contributed by atoms with Gasteiger partial charge in [-0.1, -0.05) is 0 Å². The first-order chi connectivity index (χ1) is 11.4. The average Bonchev–Trinajstić information content (AvgIpc) is 3.26. The zero-order valence-electron chi connectivity index (χ0n) is 13.6. The molecule has 0 radical (unpaired) electrons. The van der Waals surface area contributed by atoms with Crippen LogP contribution in [0.25, 0.3) is 5.65 Å². The highest BCUT2D eigenvalue weighted by molar-refractivity contribution is 7.86. The van der Waals surface area contributed by atoms with Crippen molar-refractivity contribution < 1.29 is 8.42 Å². The smallest absolute Gasteiger partial charge is 0.281 e. The number of rotatable bonds is 3. The average molecular weight is 351 g/mol. The fraction of sp³-hybridized carbons (Fsp3) is 0.600. The molecule has 1 N–H and O–H groups in total. The number of aryl methyl sites for hydroxylation is 1. The number of aromatic nitrogens is 3. The van der Waals surface area contributed by atoms with E-state index < -0.39 is 10.2 Å². The first kappa shape index (κ1) is 15.8. The SMILES string of the molecule is Cc1cc(=O)n2[nH]c([C@@H]3CCN(S(=O)(=O)N4CCCC4)C3)cc2n1. The maximum absolute atomic E-state index is 12.7. The Morgan fingerprint density at radius 1 is 1.17 bits per heavy atom. The van der Waals surface area contributed by atoms with Gasteiger partial charge in [0.15, 0.2) is 5.65 Å². The van der Waals surface area contributed by atoms with Gasteiger partial charge in [0.25, 0.3) is 15.8 Å². The molecule has 0 unspecified atom stereocenters. The van der Waals surface area contributed by atoms with E-state index in [1.807, 2.05) is 6.07 Å². The molecule has 8 nitrogen and oxygen atoms in total. The van der Waals surface area contributed by atoms with Crippen LogP contribution in [0.2, 0.25) is 0 Å². The molecule has 0 bridgehead atoms. The molecule has 1 atom stereocenters. The molecule has 9 heteroatoms. The predicted octanol–water partition coefficient (Wildman–Crippen LogP) is 0.461. The molecular formula is C15H21N5O3S. The Morgan fingerprint density at radius 2 is 1.92 bits per heavy atom. The van der Waals surface area contributed by atoms with Crippen LogP contribution < -0.4 is 5.56 Å². The summed E-state index contributed by atoms with van der Waals surface area (Å²) in [4.78, 5) is 16.4. The van der Waals surface area contributed by atoms with E-state index in [-0.39, 0.29) is 11.5 Å². The normalized spacial score (nSPS) is 23.5. The van der Waals surface area contributed by atoms with Gasteiger partial charge in [0.05, 0.1) is 0 Å². The number of hydrogen-bond donors (Lipinski definition) is 1. The monoisotopic (exact) mass is 351 g/mol. The molecule has 4 rings (SSSR count). The molecule has 0 aliphatic carbocycles. The van der Waals surface area contributed by atoms with Crippen molar-refractivity contribution in [3.8, 4) is 0 Å². The molecule has 0 amide bonds. The molecule has 0 saturated carbocycles. The zero-order valence-corrected chi connectivity index (χ0v) is 14.4. The maximum atomic E-state index is 12.7. The fourth-order valence-electron chi connectivity index (χ4n) is 3.61. The molecule has 0 aromatic carbocycles. The Balaban J connectivity index is 1.59. The van der Waals surface area contributed by atoms with Crippen molar-refractivity contribution in [1.82, 2.24) is 23.2 Å². The van der Waals surface area contributed by atoms with E-state index in [1.165, 1.54) is 10.6 Å². The molecule has 2 aromatic heterocycles.